The average molecular weight is 415 g/mol. The Morgan fingerprint density at radius 1 is 1.30 bits per heavy atom. The van der Waals surface area contributed by atoms with Gasteiger partial charge in [0, 0.05) is 36.7 Å². The van der Waals surface area contributed by atoms with E-state index in [1.54, 1.807) is 32.5 Å². The summed E-state index contributed by atoms with van der Waals surface area (Å²) in [4.78, 5) is 26.7. The Morgan fingerprint density at radius 3 is 2.48 bits per heavy atom. The molecule has 9 heteroatoms. The van der Waals surface area contributed by atoms with Crippen LogP contribution in [0.15, 0.2) is 29.2 Å². The van der Waals surface area contributed by atoms with Crippen molar-refractivity contribution in [3.8, 4) is 0 Å². The van der Waals surface area contributed by atoms with Crippen molar-refractivity contribution in [2.75, 3.05) is 31.7 Å². The molecule has 0 aliphatic carbocycles. The minimum Gasteiger partial charge on any atom is -0.464 e. The maximum Gasteiger partial charge on any atom is 0.329 e. The molecule has 1 heterocycles. The molecule has 1 aromatic rings. The van der Waals surface area contributed by atoms with Crippen LogP contribution in [0.1, 0.15) is 31.1 Å². The molecule has 0 N–H and O–H groups in total. The molecule has 150 valence electrons. The minimum atomic E-state index is -3.61. The second-order valence-electron chi connectivity index (χ2n) is 6.48. The molecule has 1 saturated heterocycles. The van der Waals surface area contributed by atoms with Crippen LogP contribution in [0.2, 0.25) is 0 Å². The van der Waals surface area contributed by atoms with Gasteiger partial charge in [0.15, 0.2) is 0 Å². The topological polar surface area (TPSA) is 84.0 Å². The molecule has 0 aromatic heterocycles. The van der Waals surface area contributed by atoms with E-state index in [2.05, 4.69) is 0 Å². The summed E-state index contributed by atoms with van der Waals surface area (Å²) in [5, 5.41) is 0. The summed E-state index contributed by atoms with van der Waals surface area (Å²) in [6, 6.07) is 5.05. The molecule has 2 rings (SSSR count). The minimum absolute atomic E-state index is 0.131. The first-order valence-electron chi connectivity index (χ1n) is 8.83. The van der Waals surface area contributed by atoms with Gasteiger partial charge in [0.1, 0.15) is 6.04 Å². The van der Waals surface area contributed by atoms with Crippen molar-refractivity contribution in [3.63, 3.8) is 0 Å². The van der Waals surface area contributed by atoms with Crippen molar-refractivity contribution in [3.05, 3.63) is 29.8 Å². The molecule has 1 fully saturated rings. The number of carbonyl (C=O) groups is 2. The van der Waals surface area contributed by atoms with Gasteiger partial charge >= 0.3 is 5.97 Å². The van der Waals surface area contributed by atoms with Gasteiger partial charge in [0.25, 0.3) is 5.91 Å². The van der Waals surface area contributed by atoms with Gasteiger partial charge in [-0.2, -0.15) is 16.1 Å². The number of hydrogen-bond donors (Lipinski definition) is 0. The van der Waals surface area contributed by atoms with E-state index < -0.39 is 22.0 Å². The molecule has 1 aromatic carbocycles. The van der Waals surface area contributed by atoms with Crippen molar-refractivity contribution >= 4 is 33.7 Å². The molecule has 1 atom stereocenters. The highest BCUT2D eigenvalue weighted by Crippen LogP contribution is 2.22. The van der Waals surface area contributed by atoms with Gasteiger partial charge in [-0.3, -0.25) is 4.79 Å². The molecule has 1 amide bonds. The van der Waals surface area contributed by atoms with E-state index >= 15 is 0 Å². The first-order chi connectivity index (χ1) is 12.7. The highest BCUT2D eigenvalue weighted by Gasteiger charge is 2.34. The number of sulfonamides is 1. The van der Waals surface area contributed by atoms with E-state index in [0.717, 1.165) is 5.75 Å². The molecule has 0 bridgehead atoms. The number of carbonyl (C=O) groups excluding carboxylic acids is 2. The lowest BCUT2D eigenvalue weighted by atomic mass is 10.1. The van der Waals surface area contributed by atoms with E-state index in [4.69, 9.17) is 4.74 Å². The van der Waals surface area contributed by atoms with Crippen LogP contribution in [-0.4, -0.2) is 73.3 Å². The normalized spacial score (nSPS) is 18.0. The second kappa shape index (κ2) is 9.07. The predicted octanol–water partition coefficient (Wildman–Crippen LogP) is 1.84. The molecule has 1 aliphatic rings. The van der Waals surface area contributed by atoms with Crippen molar-refractivity contribution in [2.45, 2.75) is 37.8 Å². The number of amides is 1. The highest BCUT2D eigenvalue weighted by atomic mass is 32.2. The Hall–Kier alpha value is -1.58. The second-order valence-corrected chi connectivity index (χ2v) is 9.63. The molecule has 0 unspecified atom stereocenters. The number of esters is 1. The standard InChI is InChI=1S/C18H26N2O5S2/c1-5-25-18(22)16-12-26-11-10-20(16)17(21)14-6-8-15(9-7-14)27(23,24)19(4)13(2)3/h6-9,13,16H,5,10-12H2,1-4H3/t16-/m0/s1. The van der Waals surface area contributed by atoms with Crippen molar-refractivity contribution < 1.29 is 22.7 Å². The van der Waals surface area contributed by atoms with Gasteiger partial charge in [-0.25, -0.2) is 13.2 Å². The zero-order chi connectivity index (χ0) is 20.2. The zero-order valence-corrected chi connectivity index (χ0v) is 17.7. The number of rotatable bonds is 6. The molecule has 0 saturated carbocycles. The number of thioether (sulfide) groups is 1. The van der Waals surface area contributed by atoms with E-state index in [-0.39, 0.29) is 23.5 Å². The fourth-order valence-corrected chi connectivity index (χ4v) is 5.06. The summed E-state index contributed by atoms with van der Waals surface area (Å²) >= 11 is 1.61. The van der Waals surface area contributed by atoms with E-state index in [9.17, 15) is 18.0 Å². The largest absolute Gasteiger partial charge is 0.464 e. The molecule has 7 nitrogen and oxygen atoms in total. The number of nitrogens with zero attached hydrogens (tertiary/aromatic N) is 2. The maximum absolute atomic E-state index is 12.9. The van der Waals surface area contributed by atoms with Crippen LogP contribution in [0.3, 0.4) is 0 Å². The van der Waals surface area contributed by atoms with Gasteiger partial charge in [0.05, 0.1) is 11.5 Å². The number of ether oxygens (including phenoxy) is 1. The summed E-state index contributed by atoms with van der Waals surface area (Å²) in [5.74, 6) is 0.536. The summed E-state index contributed by atoms with van der Waals surface area (Å²) in [7, 11) is -2.08. The van der Waals surface area contributed by atoms with Crippen molar-refractivity contribution in [2.24, 2.45) is 0 Å². The van der Waals surface area contributed by atoms with Crippen LogP contribution >= 0.6 is 11.8 Å². The molecule has 1 aliphatic heterocycles. The predicted molar refractivity (Wildman–Crippen MR) is 105 cm³/mol. The van der Waals surface area contributed by atoms with E-state index in [1.165, 1.54) is 40.5 Å². The van der Waals surface area contributed by atoms with Crippen LogP contribution in [0.5, 0.6) is 0 Å². The molecule has 27 heavy (non-hydrogen) atoms. The van der Waals surface area contributed by atoms with Crippen LogP contribution in [-0.2, 0) is 19.6 Å². The Kier molecular flexibility index (Phi) is 7.30. The van der Waals surface area contributed by atoms with Crippen LogP contribution in [0.25, 0.3) is 0 Å². The van der Waals surface area contributed by atoms with Gasteiger partial charge < -0.3 is 9.64 Å². The lowest BCUT2D eigenvalue weighted by molar-refractivity contribution is -0.147. The molecular formula is C18H26N2O5S2. The lowest BCUT2D eigenvalue weighted by Gasteiger charge is -2.33. The Labute approximate surface area is 165 Å². The monoisotopic (exact) mass is 414 g/mol. The fraction of sp³-hybridized carbons (Fsp3) is 0.556. The van der Waals surface area contributed by atoms with Crippen molar-refractivity contribution in [1.29, 1.82) is 0 Å². The maximum atomic E-state index is 12.9. The number of benzene rings is 1. The van der Waals surface area contributed by atoms with Crippen molar-refractivity contribution in [1.82, 2.24) is 9.21 Å². The van der Waals surface area contributed by atoms with Gasteiger partial charge in [-0.15, -0.1) is 0 Å². The highest BCUT2D eigenvalue weighted by molar-refractivity contribution is 7.99. The first-order valence-corrected chi connectivity index (χ1v) is 11.4. The van der Waals surface area contributed by atoms with Gasteiger partial charge in [0.2, 0.25) is 10.0 Å². The summed E-state index contributed by atoms with van der Waals surface area (Å²) in [6.07, 6.45) is 0. The van der Waals surface area contributed by atoms with Crippen LogP contribution in [0.4, 0.5) is 0 Å². The summed E-state index contributed by atoms with van der Waals surface area (Å²) < 4.78 is 31.4. The van der Waals surface area contributed by atoms with Crippen LogP contribution < -0.4 is 0 Å². The Morgan fingerprint density at radius 2 is 1.93 bits per heavy atom. The lowest BCUT2D eigenvalue weighted by Crippen LogP contribution is -2.51. The van der Waals surface area contributed by atoms with Gasteiger partial charge in [-0.1, -0.05) is 0 Å². The zero-order valence-electron chi connectivity index (χ0n) is 16.0. The van der Waals surface area contributed by atoms with E-state index in [1.807, 2.05) is 0 Å². The van der Waals surface area contributed by atoms with E-state index in [0.29, 0.717) is 17.9 Å². The molecule has 0 radical (unpaired) electrons. The average Bonchev–Trinajstić information content (AvgIpc) is 2.67. The smallest absolute Gasteiger partial charge is 0.329 e. The third kappa shape index (κ3) is 4.83. The quantitative estimate of drug-likeness (QED) is 0.661. The van der Waals surface area contributed by atoms with Crippen LogP contribution in [0, 0.1) is 0 Å². The van der Waals surface area contributed by atoms with Gasteiger partial charge in [-0.05, 0) is 45.0 Å². The third-order valence-corrected chi connectivity index (χ3v) is 7.52. The molecule has 0 spiro atoms. The fourth-order valence-electron chi connectivity index (χ4n) is 2.66. The number of hydrogen-bond acceptors (Lipinski definition) is 6. The molecular weight excluding hydrogens is 388 g/mol. The third-order valence-electron chi connectivity index (χ3n) is 4.45. The Balaban J connectivity index is 2.23. The Bertz CT molecular complexity index is 777. The summed E-state index contributed by atoms with van der Waals surface area (Å²) in [5.41, 5.74) is 0.349. The SMILES string of the molecule is CCOC(=O)[C@@H]1CSCCN1C(=O)c1ccc(S(=O)(=O)N(C)C(C)C)cc1. The first kappa shape index (κ1) is 21.7. The summed E-state index contributed by atoms with van der Waals surface area (Å²) in [6.45, 7) is 6.02.